The smallest absolute Gasteiger partial charge is 0.253 e. The summed E-state index contributed by atoms with van der Waals surface area (Å²) in [4.78, 5) is 26.3. The van der Waals surface area contributed by atoms with Crippen molar-refractivity contribution in [2.45, 2.75) is 38.5 Å². The third kappa shape index (κ3) is 2.46. The van der Waals surface area contributed by atoms with Crippen molar-refractivity contribution >= 4 is 11.8 Å². The molecule has 1 spiro atoms. The number of likely N-dealkylation sites (tertiary alicyclic amines) is 1. The number of ether oxygens (including phenoxy) is 1. The molecule has 3 aliphatic rings. The Bertz CT molecular complexity index is 703. The first kappa shape index (κ1) is 15.5. The third-order valence-corrected chi connectivity index (χ3v) is 5.85. The van der Waals surface area contributed by atoms with Crippen LogP contribution in [0.2, 0.25) is 0 Å². The predicted molar refractivity (Wildman–Crippen MR) is 90.2 cm³/mol. The number of benzene rings is 1. The van der Waals surface area contributed by atoms with Crippen LogP contribution >= 0.6 is 0 Å². The second-order valence-corrected chi connectivity index (χ2v) is 8.13. The summed E-state index contributed by atoms with van der Waals surface area (Å²) in [5.41, 5.74) is 1.88. The molecule has 5 nitrogen and oxygen atoms in total. The maximum absolute atomic E-state index is 12.9. The van der Waals surface area contributed by atoms with E-state index >= 15 is 0 Å². The van der Waals surface area contributed by atoms with Gasteiger partial charge in [0.25, 0.3) is 5.91 Å². The van der Waals surface area contributed by atoms with E-state index in [1.165, 1.54) is 0 Å². The Morgan fingerprint density at radius 2 is 2.00 bits per heavy atom. The number of hydrogen-bond donors (Lipinski definition) is 1. The Hall–Kier alpha value is -2.04. The molecule has 1 aromatic rings. The van der Waals surface area contributed by atoms with Gasteiger partial charge >= 0.3 is 0 Å². The van der Waals surface area contributed by atoms with Gasteiger partial charge in [0.15, 0.2) is 0 Å². The van der Waals surface area contributed by atoms with E-state index in [9.17, 15) is 9.59 Å². The Labute approximate surface area is 142 Å². The van der Waals surface area contributed by atoms with Crippen LogP contribution in [0, 0.1) is 5.41 Å². The quantitative estimate of drug-likeness (QED) is 0.859. The van der Waals surface area contributed by atoms with Gasteiger partial charge in [-0.3, -0.25) is 9.59 Å². The van der Waals surface area contributed by atoms with Crippen molar-refractivity contribution in [2.24, 2.45) is 5.41 Å². The van der Waals surface area contributed by atoms with Crippen molar-refractivity contribution in [3.05, 3.63) is 29.3 Å². The molecule has 0 saturated carbocycles. The Balaban J connectivity index is 1.49. The van der Waals surface area contributed by atoms with E-state index in [1.807, 2.05) is 23.1 Å². The van der Waals surface area contributed by atoms with Crippen molar-refractivity contribution < 1.29 is 14.3 Å². The lowest BCUT2D eigenvalue weighted by molar-refractivity contribution is -0.119. The minimum absolute atomic E-state index is 0.0482. The second-order valence-electron chi connectivity index (χ2n) is 8.13. The summed E-state index contributed by atoms with van der Waals surface area (Å²) in [5, 5.41) is 2.94. The first-order chi connectivity index (χ1) is 11.4. The zero-order valence-electron chi connectivity index (χ0n) is 14.4. The molecule has 2 fully saturated rings. The molecule has 0 bridgehead atoms. The molecule has 2 amide bonds. The summed E-state index contributed by atoms with van der Waals surface area (Å²) in [6, 6.07) is 5.78. The van der Waals surface area contributed by atoms with Crippen LogP contribution in [0.25, 0.3) is 0 Å². The number of nitrogens with one attached hydrogen (secondary N) is 1. The highest BCUT2D eigenvalue weighted by atomic mass is 16.5. The molecule has 0 atom stereocenters. The van der Waals surface area contributed by atoms with Gasteiger partial charge < -0.3 is 15.0 Å². The van der Waals surface area contributed by atoms with E-state index < -0.39 is 0 Å². The Kier molecular flexibility index (Phi) is 3.37. The molecule has 0 aliphatic carbocycles. The number of nitrogens with zero attached hydrogens (tertiary/aromatic N) is 1. The van der Waals surface area contributed by atoms with E-state index in [1.54, 1.807) is 0 Å². The largest absolute Gasteiger partial charge is 0.492 e. The lowest BCUT2D eigenvalue weighted by Crippen LogP contribution is -2.44. The Morgan fingerprint density at radius 1 is 1.25 bits per heavy atom. The molecule has 3 aliphatic heterocycles. The molecule has 24 heavy (non-hydrogen) atoms. The molecular formula is C19H24N2O3. The maximum atomic E-state index is 12.9. The van der Waals surface area contributed by atoms with Crippen LogP contribution in [0.1, 0.15) is 49.0 Å². The average Bonchev–Trinajstić information content (AvgIpc) is 3.08. The highest BCUT2D eigenvalue weighted by Crippen LogP contribution is 2.40. The zero-order valence-corrected chi connectivity index (χ0v) is 14.4. The minimum Gasteiger partial charge on any atom is -0.492 e. The highest BCUT2D eigenvalue weighted by Gasteiger charge is 2.42. The van der Waals surface area contributed by atoms with Gasteiger partial charge in [0.2, 0.25) is 5.91 Å². The first-order valence-corrected chi connectivity index (χ1v) is 8.72. The van der Waals surface area contributed by atoms with E-state index in [4.69, 9.17) is 4.74 Å². The molecule has 128 valence electrons. The number of carbonyl (C=O) groups excluding carboxylic acids is 2. The van der Waals surface area contributed by atoms with Crippen LogP contribution in [-0.4, -0.2) is 43.0 Å². The third-order valence-electron chi connectivity index (χ3n) is 5.85. The normalized spacial score (nSPS) is 23.8. The zero-order chi connectivity index (χ0) is 16.9. The van der Waals surface area contributed by atoms with Gasteiger partial charge in [0.1, 0.15) is 5.75 Å². The molecular weight excluding hydrogens is 304 g/mol. The predicted octanol–water partition coefficient (Wildman–Crippen LogP) is 2.10. The SMILES string of the molecule is CC1(C)COc2ccc(C(=O)N3CCC4(CC3)CNC(=O)C4)cc21. The summed E-state index contributed by atoms with van der Waals surface area (Å²) in [6.07, 6.45) is 2.41. The van der Waals surface area contributed by atoms with E-state index in [0.29, 0.717) is 13.0 Å². The first-order valence-electron chi connectivity index (χ1n) is 8.72. The highest BCUT2D eigenvalue weighted by molar-refractivity contribution is 5.95. The molecule has 1 N–H and O–H groups in total. The fraction of sp³-hybridized carbons (Fsp3) is 0.579. The minimum atomic E-state index is -0.0482. The van der Waals surface area contributed by atoms with Crippen molar-refractivity contribution in [1.29, 1.82) is 0 Å². The van der Waals surface area contributed by atoms with Gasteiger partial charge in [-0.2, -0.15) is 0 Å². The van der Waals surface area contributed by atoms with Crippen LogP contribution in [-0.2, 0) is 10.2 Å². The Morgan fingerprint density at radius 3 is 2.67 bits per heavy atom. The molecule has 0 radical (unpaired) electrons. The van der Waals surface area contributed by atoms with Gasteiger partial charge in [-0.05, 0) is 36.5 Å². The number of carbonyl (C=O) groups is 2. The molecule has 2 saturated heterocycles. The van der Waals surface area contributed by atoms with Crippen LogP contribution in [0.15, 0.2) is 18.2 Å². The molecule has 4 rings (SSSR count). The lowest BCUT2D eigenvalue weighted by Gasteiger charge is -2.38. The average molecular weight is 328 g/mol. The van der Waals surface area contributed by atoms with Crippen LogP contribution in [0.3, 0.4) is 0 Å². The van der Waals surface area contributed by atoms with Gasteiger partial charge in [-0.25, -0.2) is 0 Å². The number of hydrogen-bond acceptors (Lipinski definition) is 3. The fourth-order valence-corrected chi connectivity index (χ4v) is 4.13. The monoisotopic (exact) mass is 328 g/mol. The van der Waals surface area contributed by atoms with Gasteiger partial charge in [-0.1, -0.05) is 13.8 Å². The van der Waals surface area contributed by atoms with E-state index in [0.717, 1.165) is 49.4 Å². The van der Waals surface area contributed by atoms with E-state index in [2.05, 4.69) is 19.2 Å². The summed E-state index contributed by atoms with van der Waals surface area (Å²) in [7, 11) is 0. The van der Waals surface area contributed by atoms with Crippen molar-refractivity contribution in [3.63, 3.8) is 0 Å². The topological polar surface area (TPSA) is 58.6 Å². The van der Waals surface area contributed by atoms with Crippen LogP contribution in [0.5, 0.6) is 5.75 Å². The summed E-state index contributed by atoms with van der Waals surface area (Å²) < 4.78 is 5.70. The molecule has 5 heteroatoms. The van der Waals surface area contributed by atoms with Crippen molar-refractivity contribution in [3.8, 4) is 5.75 Å². The van der Waals surface area contributed by atoms with Crippen LogP contribution < -0.4 is 10.1 Å². The van der Waals surface area contributed by atoms with Crippen LogP contribution in [0.4, 0.5) is 0 Å². The summed E-state index contributed by atoms with van der Waals surface area (Å²) in [5.74, 6) is 1.13. The second kappa shape index (κ2) is 5.23. The molecule has 0 unspecified atom stereocenters. The molecule has 0 aromatic heterocycles. The summed E-state index contributed by atoms with van der Waals surface area (Å²) in [6.45, 7) is 7.16. The number of fused-ring (bicyclic) bond motifs is 1. The fourth-order valence-electron chi connectivity index (χ4n) is 4.13. The van der Waals surface area contributed by atoms with E-state index in [-0.39, 0.29) is 22.6 Å². The number of amides is 2. The van der Waals surface area contributed by atoms with Gasteiger partial charge in [0, 0.05) is 42.6 Å². The van der Waals surface area contributed by atoms with Gasteiger partial charge in [-0.15, -0.1) is 0 Å². The van der Waals surface area contributed by atoms with Crippen molar-refractivity contribution in [2.75, 3.05) is 26.2 Å². The van der Waals surface area contributed by atoms with Crippen molar-refractivity contribution in [1.82, 2.24) is 10.2 Å². The standard InChI is InChI=1S/C19H24N2O3/c1-18(2)12-24-15-4-3-13(9-14(15)18)17(23)21-7-5-19(6-8-21)10-16(22)20-11-19/h3-4,9H,5-8,10-12H2,1-2H3,(H,20,22). The van der Waals surface area contributed by atoms with Gasteiger partial charge in [0.05, 0.1) is 6.61 Å². The maximum Gasteiger partial charge on any atom is 0.253 e. The summed E-state index contributed by atoms with van der Waals surface area (Å²) >= 11 is 0. The number of rotatable bonds is 1. The number of piperidine rings is 1. The molecule has 3 heterocycles. The lowest BCUT2D eigenvalue weighted by atomic mass is 9.77. The molecule has 1 aromatic carbocycles.